The Morgan fingerprint density at radius 1 is 1.16 bits per heavy atom. The zero-order chi connectivity index (χ0) is 22.3. The highest BCUT2D eigenvalue weighted by atomic mass is 19.1. The summed E-state index contributed by atoms with van der Waals surface area (Å²) < 4.78 is 14.6. The van der Waals surface area contributed by atoms with Crippen LogP contribution in [0.15, 0.2) is 42.5 Å². The van der Waals surface area contributed by atoms with Crippen LogP contribution in [0.4, 0.5) is 10.1 Å². The van der Waals surface area contributed by atoms with Crippen molar-refractivity contribution < 1.29 is 18.8 Å². The minimum atomic E-state index is -1.24. The van der Waals surface area contributed by atoms with E-state index in [0.29, 0.717) is 0 Å². The Hall–Kier alpha value is -3.73. The fourth-order valence-electron chi connectivity index (χ4n) is 4.12. The molecule has 3 amide bonds. The molecule has 0 bridgehead atoms. The van der Waals surface area contributed by atoms with Crippen molar-refractivity contribution in [1.29, 1.82) is 5.26 Å². The van der Waals surface area contributed by atoms with Crippen LogP contribution in [0.5, 0.6) is 0 Å². The summed E-state index contributed by atoms with van der Waals surface area (Å²) in [4.78, 5) is 42.7. The number of hydrogen-bond acceptors (Lipinski definition) is 4. The number of piperazine rings is 1. The molecular weight excluding hydrogens is 399 g/mol. The number of halogens is 1. The normalized spacial score (nSPS) is 17.5. The minimum absolute atomic E-state index is 0.0482. The lowest BCUT2D eigenvalue weighted by molar-refractivity contribution is -0.169. The lowest BCUT2D eigenvalue weighted by Gasteiger charge is -2.57. The first-order chi connectivity index (χ1) is 14.7. The second-order valence-corrected chi connectivity index (χ2v) is 8.04. The second kappa shape index (κ2) is 7.51. The number of anilines is 1. The molecule has 2 fully saturated rings. The maximum Gasteiger partial charge on any atom is 0.257 e. The molecule has 2 aliphatic rings. The summed E-state index contributed by atoms with van der Waals surface area (Å²) in [7, 11) is 0. The molecule has 8 heteroatoms. The van der Waals surface area contributed by atoms with E-state index < -0.39 is 17.3 Å². The molecule has 0 radical (unpaired) electrons. The van der Waals surface area contributed by atoms with Gasteiger partial charge >= 0.3 is 0 Å². The molecule has 2 aromatic rings. The van der Waals surface area contributed by atoms with E-state index in [1.165, 1.54) is 28.9 Å². The zero-order valence-corrected chi connectivity index (χ0v) is 17.3. The van der Waals surface area contributed by atoms with E-state index in [4.69, 9.17) is 5.26 Å². The summed E-state index contributed by atoms with van der Waals surface area (Å²) in [6.45, 7) is 3.40. The number of amides is 3. The fourth-order valence-corrected chi connectivity index (χ4v) is 4.12. The number of aryl methyl sites for hydroxylation is 1. The van der Waals surface area contributed by atoms with Crippen molar-refractivity contribution in [2.24, 2.45) is 0 Å². The minimum Gasteiger partial charge on any atom is -0.337 e. The average molecular weight is 420 g/mol. The first-order valence-corrected chi connectivity index (χ1v) is 9.88. The molecule has 31 heavy (non-hydrogen) atoms. The van der Waals surface area contributed by atoms with Crippen molar-refractivity contribution in [3.05, 3.63) is 65.0 Å². The predicted molar refractivity (Wildman–Crippen MR) is 110 cm³/mol. The Morgan fingerprint density at radius 3 is 2.42 bits per heavy atom. The van der Waals surface area contributed by atoms with Crippen molar-refractivity contribution in [3.63, 3.8) is 0 Å². The molecule has 0 aliphatic carbocycles. The molecule has 0 atom stereocenters. The van der Waals surface area contributed by atoms with Crippen LogP contribution in [0.2, 0.25) is 0 Å². The topological polar surface area (TPSA) is 84.7 Å². The van der Waals surface area contributed by atoms with Crippen molar-refractivity contribution in [2.75, 3.05) is 24.5 Å². The summed E-state index contributed by atoms with van der Waals surface area (Å²) in [6.07, 6.45) is 0. The van der Waals surface area contributed by atoms with E-state index in [1.807, 2.05) is 37.3 Å². The van der Waals surface area contributed by atoms with Crippen molar-refractivity contribution in [1.82, 2.24) is 9.80 Å². The Kier molecular flexibility index (Phi) is 4.97. The molecular formula is C23H21FN4O3. The standard InChI is InChI=1S/C23H21FN4O3/c1-15-3-5-17(6-4-15)11-28-21(30)12-27(20-8-7-18(10-25)9-19(20)24)22(31)23(28)13-26(14-23)16(2)29/h3-9H,11-14H2,1-2H3. The van der Waals surface area contributed by atoms with Crippen LogP contribution >= 0.6 is 0 Å². The van der Waals surface area contributed by atoms with E-state index in [2.05, 4.69) is 0 Å². The molecule has 0 N–H and O–H groups in total. The molecule has 0 unspecified atom stereocenters. The number of carbonyl (C=O) groups excluding carboxylic acids is 3. The molecule has 7 nitrogen and oxygen atoms in total. The summed E-state index contributed by atoms with van der Waals surface area (Å²) in [5, 5.41) is 8.97. The number of nitriles is 1. The average Bonchev–Trinajstić information content (AvgIpc) is 2.70. The number of rotatable bonds is 3. The van der Waals surface area contributed by atoms with Gasteiger partial charge in [-0.15, -0.1) is 0 Å². The van der Waals surface area contributed by atoms with Gasteiger partial charge in [0.15, 0.2) is 5.54 Å². The molecule has 2 saturated heterocycles. The van der Waals surface area contributed by atoms with E-state index in [-0.39, 0.29) is 49.2 Å². The number of hydrogen-bond donors (Lipinski definition) is 0. The highest BCUT2D eigenvalue weighted by Crippen LogP contribution is 2.37. The van der Waals surface area contributed by atoms with Gasteiger partial charge in [0.1, 0.15) is 12.4 Å². The quantitative estimate of drug-likeness (QED) is 0.760. The number of likely N-dealkylation sites (tertiary alicyclic amines) is 1. The molecule has 2 aliphatic heterocycles. The summed E-state index contributed by atoms with van der Waals surface area (Å²) >= 11 is 0. The highest BCUT2D eigenvalue weighted by molar-refractivity contribution is 6.10. The molecule has 0 aromatic heterocycles. The first-order valence-electron chi connectivity index (χ1n) is 9.88. The SMILES string of the molecule is CC(=O)N1CC2(C1)C(=O)N(c1ccc(C#N)cc1F)CC(=O)N2Cc1ccc(C)cc1. The van der Waals surface area contributed by atoms with Crippen LogP contribution in [-0.4, -0.2) is 52.7 Å². The number of benzene rings is 2. The number of carbonyl (C=O) groups is 3. The Labute approximate surface area is 179 Å². The largest absolute Gasteiger partial charge is 0.337 e. The molecule has 2 heterocycles. The molecule has 1 spiro atoms. The van der Waals surface area contributed by atoms with Crippen LogP contribution in [0, 0.1) is 24.1 Å². The van der Waals surface area contributed by atoms with E-state index in [9.17, 15) is 18.8 Å². The highest BCUT2D eigenvalue weighted by Gasteiger charge is 2.60. The van der Waals surface area contributed by atoms with Gasteiger partial charge in [0.05, 0.1) is 30.4 Å². The monoisotopic (exact) mass is 420 g/mol. The van der Waals surface area contributed by atoms with Gasteiger partial charge in [-0.2, -0.15) is 5.26 Å². The Balaban J connectivity index is 1.70. The van der Waals surface area contributed by atoms with Crippen LogP contribution in [0.1, 0.15) is 23.6 Å². The van der Waals surface area contributed by atoms with Crippen LogP contribution in [0.25, 0.3) is 0 Å². The zero-order valence-electron chi connectivity index (χ0n) is 17.3. The summed E-state index contributed by atoms with van der Waals surface area (Å²) in [5.74, 6) is -1.69. The van der Waals surface area contributed by atoms with Gasteiger partial charge in [0.25, 0.3) is 5.91 Å². The van der Waals surface area contributed by atoms with Gasteiger partial charge in [-0.05, 0) is 30.7 Å². The van der Waals surface area contributed by atoms with Gasteiger partial charge in [-0.3, -0.25) is 19.3 Å². The third-order valence-corrected chi connectivity index (χ3v) is 5.93. The molecule has 2 aromatic carbocycles. The molecule has 158 valence electrons. The first kappa shape index (κ1) is 20.5. The van der Waals surface area contributed by atoms with Crippen molar-refractivity contribution >= 4 is 23.4 Å². The van der Waals surface area contributed by atoms with Gasteiger partial charge in [0.2, 0.25) is 11.8 Å². The Bertz CT molecular complexity index is 1120. The summed E-state index contributed by atoms with van der Waals surface area (Å²) in [6, 6.07) is 13.3. The lowest BCUT2D eigenvalue weighted by Crippen LogP contribution is -2.81. The second-order valence-electron chi connectivity index (χ2n) is 8.04. The van der Waals surface area contributed by atoms with Gasteiger partial charge in [-0.1, -0.05) is 29.8 Å². The predicted octanol–water partition coefficient (Wildman–Crippen LogP) is 1.98. The molecule has 0 saturated carbocycles. The van der Waals surface area contributed by atoms with E-state index >= 15 is 0 Å². The smallest absolute Gasteiger partial charge is 0.257 e. The van der Waals surface area contributed by atoms with Gasteiger partial charge in [-0.25, -0.2) is 4.39 Å². The van der Waals surface area contributed by atoms with Crippen molar-refractivity contribution in [2.45, 2.75) is 25.9 Å². The van der Waals surface area contributed by atoms with E-state index in [1.54, 1.807) is 0 Å². The van der Waals surface area contributed by atoms with Gasteiger partial charge in [0, 0.05) is 13.5 Å². The maximum absolute atomic E-state index is 14.6. The third kappa shape index (κ3) is 3.42. The molecule has 4 rings (SSSR count). The Morgan fingerprint density at radius 2 is 1.84 bits per heavy atom. The van der Waals surface area contributed by atoms with Crippen molar-refractivity contribution in [3.8, 4) is 6.07 Å². The van der Waals surface area contributed by atoms with E-state index in [0.717, 1.165) is 22.1 Å². The lowest BCUT2D eigenvalue weighted by atomic mass is 9.83. The van der Waals surface area contributed by atoms with Crippen LogP contribution < -0.4 is 4.90 Å². The van der Waals surface area contributed by atoms with Gasteiger partial charge < -0.3 is 9.80 Å². The summed E-state index contributed by atoms with van der Waals surface area (Å²) in [5.41, 5.74) is 0.776. The third-order valence-electron chi connectivity index (χ3n) is 5.93. The maximum atomic E-state index is 14.6. The van der Waals surface area contributed by atoms with Crippen LogP contribution in [-0.2, 0) is 20.9 Å². The fraction of sp³-hybridized carbons (Fsp3) is 0.304. The number of nitrogens with zero attached hydrogens (tertiary/aromatic N) is 4. The van der Waals surface area contributed by atoms with Crippen LogP contribution in [0.3, 0.4) is 0 Å².